The molecule has 0 aromatic rings. The van der Waals surface area contributed by atoms with Gasteiger partial charge in [-0.05, 0) is 26.1 Å². The summed E-state index contributed by atoms with van der Waals surface area (Å²) in [6, 6.07) is 0.817. The van der Waals surface area contributed by atoms with Crippen molar-refractivity contribution in [3.63, 3.8) is 0 Å². The quantitative estimate of drug-likeness (QED) is 0.146. The van der Waals surface area contributed by atoms with Gasteiger partial charge in [-0.25, -0.2) is 4.79 Å². The van der Waals surface area contributed by atoms with Crippen molar-refractivity contribution in [2.75, 3.05) is 19.8 Å². The van der Waals surface area contributed by atoms with Crippen LogP contribution in [0.25, 0.3) is 0 Å². The van der Waals surface area contributed by atoms with E-state index in [-0.39, 0.29) is 0 Å². The first kappa shape index (κ1) is 17.9. The van der Waals surface area contributed by atoms with E-state index in [4.69, 9.17) is 18.6 Å². The summed E-state index contributed by atoms with van der Waals surface area (Å²) in [5, 5.41) is 0. The van der Waals surface area contributed by atoms with Crippen LogP contribution in [-0.2, 0) is 23.4 Å². The number of ether oxygens (including phenoxy) is 3. The zero-order valence-corrected chi connectivity index (χ0v) is 13.0. The minimum atomic E-state index is -1.91. The lowest BCUT2D eigenvalue weighted by Gasteiger charge is -2.26. The average molecular weight is 288 g/mol. The predicted molar refractivity (Wildman–Crippen MR) is 76.1 cm³/mol. The van der Waals surface area contributed by atoms with E-state index in [2.05, 4.69) is 26.3 Å². The van der Waals surface area contributed by atoms with Crippen LogP contribution in [0.3, 0.4) is 0 Å². The van der Waals surface area contributed by atoms with Gasteiger partial charge in [0.1, 0.15) is 6.61 Å². The van der Waals surface area contributed by atoms with Crippen molar-refractivity contribution in [1.29, 1.82) is 0 Å². The molecule has 0 aliphatic carbocycles. The van der Waals surface area contributed by atoms with Gasteiger partial charge < -0.3 is 18.6 Å². The fourth-order valence-electron chi connectivity index (χ4n) is 1.35. The van der Waals surface area contributed by atoms with Crippen molar-refractivity contribution in [3.8, 4) is 0 Å². The Bertz CT molecular complexity index is 291. The molecule has 0 saturated carbocycles. The molecule has 19 heavy (non-hydrogen) atoms. The van der Waals surface area contributed by atoms with Crippen molar-refractivity contribution >= 4 is 14.3 Å². The number of esters is 1. The molecule has 110 valence electrons. The highest BCUT2D eigenvalue weighted by Crippen LogP contribution is 2.14. The van der Waals surface area contributed by atoms with Crippen LogP contribution in [-0.4, -0.2) is 40.4 Å². The predicted octanol–water partition coefficient (Wildman–Crippen LogP) is 2.46. The lowest BCUT2D eigenvalue weighted by Crippen LogP contribution is -2.37. The van der Waals surface area contributed by atoms with Gasteiger partial charge in [0.15, 0.2) is 14.6 Å². The van der Waals surface area contributed by atoms with Crippen LogP contribution in [0, 0.1) is 0 Å². The molecule has 0 fully saturated rings. The summed E-state index contributed by atoms with van der Waals surface area (Å²) in [5.41, 5.74) is 0. The van der Waals surface area contributed by atoms with Crippen molar-refractivity contribution in [2.24, 2.45) is 0 Å². The third-order valence-corrected chi connectivity index (χ3v) is 4.62. The van der Waals surface area contributed by atoms with Gasteiger partial charge in [-0.2, -0.15) is 0 Å². The first-order valence-corrected chi connectivity index (χ1v) is 9.34. The molecule has 0 aromatic carbocycles. The minimum Gasteiger partial charge on any atom is -0.499 e. The fourth-order valence-corrected chi connectivity index (χ4v) is 3.05. The monoisotopic (exact) mass is 288 g/mol. The maximum Gasteiger partial charge on any atom is 0.332 e. The van der Waals surface area contributed by atoms with E-state index in [0.29, 0.717) is 19.8 Å². The second kappa shape index (κ2) is 9.77. The topological polar surface area (TPSA) is 54.0 Å². The zero-order valence-electron chi connectivity index (χ0n) is 12.0. The Morgan fingerprint density at radius 3 is 2.53 bits per heavy atom. The highest BCUT2D eigenvalue weighted by Gasteiger charge is 2.26. The van der Waals surface area contributed by atoms with Gasteiger partial charge in [0.25, 0.3) is 0 Å². The Hall–Kier alpha value is -1.11. The molecule has 1 unspecified atom stereocenters. The normalized spacial score (nSPS) is 12.6. The molecule has 5 nitrogen and oxygen atoms in total. The first-order chi connectivity index (χ1) is 8.91. The smallest absolute Gasteiger partial charge is 0.332 e. The van der Waals surface area contributed by atoms with Gasteiger partial charge in [-0.15, -0.1) is 0 Å². The standard InChI is InChI=1S/C13H24O5Si/c1-6-13(14)17-12(3)18-19(4,5)11-10-16-9-8-15-7-2/h6-7,12H,1-2,8-11H2,3-5H3. The third-order valence-electron chi connectivity index (χ3n) is 2.25. The summed E-state index contributed by atoms with van der Waals surface area (Å²) in [6.07, 6.45) is 1.95. The Morgan fingerprint density at radius 1 is 1.26 bits per heavy atom. The van der Waals surface area contributed by atoms with Crippen LogP contribution in [0.4, 0.5) is 0 Å². The molecule has 0 amide bonds. The van der Waals surface area contributed by atoms with Gasteiger partial charge in [0, 0.05) is 12.7 Å². The molecule has 6 heteroatoms. The molecule has 0 N–H and O–H groups in total. The minimum absolute atomic E-state index is 0.477. The molecule has 0 rings (SSSR count). The van der Waals surface area contributed by atoms with E-state index in [0.717, 1.165) is 12.1 Å². The van der Waals surface area contributed by atoms with E-state index in [1.54, 1.807) is 6.92 Å². The zero-order chi connectivity index (χ0) is 14.7. The second-order valence-corrected chi connectivity index (χ2v) is 8.74. The average Bonchev–Trinajstić information content (AvgIpc) is 2.32. The van der Waals surface area contributed by atoms with Crippen molar-refractivity contribution in [1.82, 2.24) is 0 Å². The summed E-state index contributed by atoms with van der Waals surface area (Å²) in [7, 11) is -1.91. The second-order valence-electron chi connectivity index (χ2n) is 4.49. The third kappa shape index (κ3) is 10.5. The van der Waals surface area contributed by atoms with Crippen LogP contribution in [0.5, 0.6) is 0 Å². The molecular weight excluding hydrogens is 264 g/mol. The van der Waals surface area contributed by atoms with Crippen molar-refractivity contribution < 1.29 is 23.4 Å². The van der Waals surface area contributed by atoms with Gasteiger partial charge >= 0.3 is 5.97 Å². The summed E-state index contributed by atoms with van der Waals surface area (Å²) in [6.45, 7) is 14.2. The van der Waals surface area contributed by atoms with Crippen LogP contribution in [0.1, 0.15) is 6.92 Å². The lowest BCUT2D eigenvalue weighted by atomic mass is 10.6. The molecule has 0 aliphatic rings. The molecule has 0 spiro atoms. The molecule has 1 atom stereocenters. The number of carbonyl (C=O) groups excluding carboxylic acids is 1. The summed E-state index contributed by atoms with van der Waals surface area (Å²) >= 11 is 0. The first-order valence-electron chi connectivity index (χ1n) is 6.22. The SMILES string of the molecule is C=COCCOCC[Si](C)(C)OC(C)OC(=O)C=C. The van der Waals surface area contributed by atoms with E-state index in [1.807, 2.05) is 0 Å². The van der Waals surface area contributed by atoms with Crippen molar-refractivity contribution in [2.45, 2.75) is 32.4 Å². The van der Waals surface area contributed by atoms with Crippen LogP contribution < -0.4 is 0 Å². The molecule has 0 bridgehead atoms. The summed E-state index contributed by atoms with van der Waals surface area (Å²) in [4.78, 5) is 11.0. The van der Waals surface area contributed by atoms with Crippen molar-refractivity contribution in [3.05, 3.63) is 25.5 Å². The van der Waals surface area contributed by atoms with Gasteiger partial charge in [-0.3, -0.25) is 0 Å². The fraction of sp³-hybridized carbons (Fsp3) is 0.615. The molecule has 0 aliphatic heterocycles. The van der Waals surface area contributed by atoms with Gasteiger partial charge in [0.05, 0.1) is 12.9 Å². The Morgan fingerprint density at radius 2 is 1.95 bits per heavy atom. The van der Waals surface area contributed by atoms with Crippen LogP contribution >= 0.6 is 0 Å². The maximum atomic E-state index is 11.0. The largest absolute Gasteiger partial charge is 0.499 e. The van der Waals surface area contributed by atoms with E-state index in [1.165, 1.54) is 6.26 Å². The Labute approximate surface area is 116 Å². The highest BCUT2D eigenvalue weighted by atomic mass is 28.4. The Balaban J connectivity index is 3.80. The summed E-state index contributed by atoms with van der Waals surface area (Å²) < 4.78 is 21.1. The number of hydrogen-bond acceptors (Lipinski definition) is 5. The molecule has 0 radical (unpaired) electrons. The molecule has 0 heterocycles. The van der Waals surface area contributed by atoms with E-state index >= 15 is 0 Å². The van der Waals surface area contributed by atoms with E-state index < -0.39 is 20.6 Å². The lowest BCUT2D eigenvalue weighted by molar-refractivity contribution is -0.156. The Kier molecular flexibility index (Phi) is 9.20. The number of rotatable bonds is 11. The molecule has 0 saturated heterocycles. The van der Waals surface area contributed by atoms with Gasteiger partial charge in [-0.1, -0.05) is 13.2 Å². The number of hydrogen-bond donors (Lipinski definition) is 0. The molecular formula is C13H24O5Si. The van der Waals surface area contributed by atoms with Crippen LogP contribution in [0.15, 0.2) is 25.5 Å². The maximum absolute atomic E-state index is 11.0. The van der Waals surface area contributed by atoms with Gasteiger partial charge in [0.2, 0.25) is 0 Å². The number of carbonyl (C=O) groups is 1. The van der Waals surface area contributed by atoms with Crippen LogP contribution in [0.2, 0.25) is 19.1 Å². The highest BCUT2D eigenvalue weighted by molar-refractivity contribution is 6.71. The summed E-state index contributed by atoms with van der Waals surface area (Å²) in [5.74, 6) is -0.477. The molecule has 0 aromatic heterocycles. The van der Waals surface area contributed by atoms with E-state index in [9.17, 15) is 4.79 Å².